The summed E-state index contributed by atoms with van der Waals surface area (Å²) in [6.07, 6.45) is 1.12. The molecule has 0 radical (unpaired) electrons. The molecule has 3 nitrogen and oxygen atoms in total. The molecule has 0 saturated carbocycles. The van der Waals surface area contributed by atoms with E-state index in [1.807, 2.05) is 12.1 Å². The second kappa shape index (κ2) is 5.52. The van der Waals surface area contributed by atoms with E-state index in [0.717, 1.165) is 18.7 Å². The standard InChI is InChI=1S/C14H23N3/c1-12-11-17(10-9-16(12)2)8-7-13-3-5-14(15)6-4-13/h3-6,12H,7-11,15H2,1-2H3/t12-/m1/s1. The van der Waals surface area contributed by atoms with Gasteiger partial charge in [0.1, 0.15) is 0 Å². The smallest absolute Gasteiger partial charge is 0.0314 e. The van der Waals surface area contributed by atoms with Gasteiger partial charge in [-0.15, -0.1) is 0 Å². The Balaban J connectivity index is 1.80. The largest absolute Gasteiger partial charge is 0.399 e. The van der Waals surface area contributed by atoms with Crippen LogP contribution >= 0.6 is 0 Å². The van der Waals surface area contributed by atoms with Crippen molar-refractivity contribution in [2.45, 2.75) is 19.4 Å². The molecule has 1 saturated heterocycles. The van der Waals surface area contributed by atoms with Crippen LogP contribution in [0.25, 0.3) is 0 Å². The van der Waals surface area contributed by atoms with Gasteiger partial charge in [0.05, 0.1) is 0 Å². The first-order chi connectivity index (χ1) is 8.15. The second-order valence-corrected chi connectivity index (χ2v) is 5.12. The Morgan fingerprint density at radius 2 is 1.94 bits per heavy atom. The van der Waals surface area contributed by atoms with Crippen molar-refractivity contribution in [2.24, 2.45) is 0 Å². The van der Waals surface area contributed by atoms with Crippen LogP contribution in [0.15, 0.2) is 24.3 Å². The summed E-state index contributed by atoms with van der Waals surface area (Å²) in [4.78, 5) is 4.99. The number of rotatable bonds is 3. The normalized spacial score (nSPS) is 22.8. The highest BCUT2D eigenvalue weighted by atomic mass is 15.3. The maximum absolute atomic E-state index is 5.68. The minimum atomic E-state index is 0.676. The highest BCUT2D eigenvalue weighted by Crippen LogP contribution is 2.10. The minimum absolute atomic E-state index is 0.676. The van der Waals surface area contributed by atoms with Gasteiger partial charge in [0.25, 0.3) is 0 Å². The third-order valence-electron chi connectivity index (χ3n) is 3.74. The van der Waals surface area contributed by atoms with Crippen molar-refractivity contribution < 1.29 is 0 Å². The first-order valence-corrected chi connectivity index (χ1v) is 6.42. The molecule has 17 heavy (non-hydrogen) atoms. The fourth-order valence-electron chi connectivity index (χ4n) is 2.30. The molecule has 94 valence electrons. The predicted octanol–water partition coefficient (Wildman–Crippen LogP) is 1.45. The quantitative estimate of drug-likeness (QED) is 0.802. The van der Waals surface area contributed by atoms with E-state index < -0.39 is 0 Å². The fourth-order valence-corrected chi connectivity index (χ4v) is 2.30. The van der Waals surface area contributed by atoms with Gasteiger partial charge in [0.2, 0.25) is 0 Å². The molecule has 0 spiro atoms. The molecule has 1 fully saturated rings. The Kier molecular flexibility index (Phi) is 4.02. The Labute approximate surface area is 104 Å². The molecular formula is C14H23N3. The monoisotopic (exact) mass is 233 g/mol. The third-order valence-corrected chi connectivity index (χ3v) is 3.74. The topological polar surface area (TPSA) is 32.5 Å². The van der Waals surface area contributed by atoms with Gasteiger partial charge in [0, 0.05) is 37.9 Å². The number of piperazine rings is 1. The molecule has 1 aliphatic rings. The molecule has 3 heteroatoms. The van der Waals surface area contributed by atoms with Crippen LogP contribution in [-0.4, -0.2) is 49.1 Å². The molecule has 0 unspecified atom stereocenters. The summed E-state index contributed by atoms with van der Waals surface area (Å²) in [6.45, 7) is 7.02. The Morgan fingerprint density at radius 3 is 2.59 bits per heavy atom. The van der Waals surface area contributed by atoms with Crippen LogP contribution in [0.5, 0.6) is 0 Å². The molecule has 1 aliphatic heterocycles. The van der Waals surface area contributed by atoms with Crippen molar-refractivity contribution in [1.82, 2.24) is 9.80 Å². The van der Waals surface area contributed by atoms with Crippen LogP contribution in [0.3, 0.4) is 0 Å². The van der Waals surface area contributed by atoms with Gasteiger partial charge in [0.15, 0.2) is 0 Å². The molecule has 1 heterocycles. The lowest BCUT2D eigenvalue weighted by Gasteiger charge is -2.37. The van der Waals surface area contributed by atoms with Crippen molar-refractivity contribution in [1.29, 1.82) is 0 Å². The van der Waals surface area contributed by atoms with E-state index in [0.29, 0.717) is 6.04 Å². The Morgan fingerprint density at radius 1 is 1.24 bits per heavy atom. The van der Waals surface area contributed by atoms with Crippen molar-refractivity contribution in [3.63, 3.8) is 0 Å². The van der Waals surface area contributed by atoms with Gasteiger partial charge < -0.3 is 15.5 Å². The van der Waals surface area contributed by atoms with Gasteiger partial charge in [-0.25, -0.2) is 0 Å². The lowest BCUT2D eigenvalue weighted by atomic mass is 10.1. The van der Waals surface area contributed by atoms with Crippen LogP contribution in [0.4, 0.5) is 5.69 Å². The molecule has 1 aromatic carbocycles. The summed E-state index contributed by atoms with van der Waals surface area (Å²) in [6, 6.07) is 8.92. The Hall–Kier alpha value is -1.06. The number of anilines is 1. The summed E-state index contributed by atoms with van der Waals surface area (Å²) >= 11 is 0. The number of hydrogen-bond donors (Lipinski definition) is 1. The fraction of sp³-hybridized carbons (Fsp3) is 0.571. The molecule has 1 aromatic rings. The average molecular weight is 233 g/mol. The molecular weight excluding hydrogens is 210 g/mol. The highest BCUT2D eigenvalue weighted by molar-refractivity contribution is 5.39. The third kappa shape index (κ3) is 3.45. The lowest BCUT2D eigenvalue weighted by Crippen LogP contribution is -2.50. The van der Waals surface area contributed by atoms with E-state index in [1.165, 1.54) is 25.2 Å². The number of nitrogen functional groups attached to an aromatic ring is 1. The zero-order valence-corrected chi connectivity index (χ0v) is 10.9. The summed E-state index contributed by atoms with van der Waals surface area (Å²) < 4.78 is 0. The summed E-state index contributed by atoms with van der Waals surface area (Å²) in [7, 11) is 2.21. The van der Waals surface area contributed by atoms with Crippen molar-refractivity contribution in [3.05, 3.63) is 29.8 Å². The van der Waals surface area contributed by atoms with Crippen LogP contribution in [0, 0.1) is 0 Å². The van der Waals surface area contributed by atoms with E-state index in [1.54, 1.807) is 0 Å². The summed E-state index contributed by atoms with van der Waals surface area (Å²) in [5, 5.41) is 0. The lowest BCUT2D eigenvalue weighted by molar-refractivity contribution is 0.106. The van der Waals surface area contributed by atoms with E-state index in [4.69, 9.17) is 5.73 Å². The second-order valence-electron chi connectivity index (χ2n) is 5.12. The zero-order chi connectivity index (χ0) is 12.3. The number of nitrogens with two attached hydrogens (primary N) is 1. The van der Waals surface area contributed by atoms with E-state index in [9.17, 15) is 0 Å². The van der Waals surface area contributed by atoms with E-state index in [-0.39, 0.29) is 0 Å². The molecule has 2 rings (SSSR count). The molecule has 1 atom stereocenters. The van der Waals surface area contributed by atoms with Crippen LogP contribution in [0.1, 0.15) is 12.5 Å². The molecule has 0 aliphatic carbocycles. The van der Waals surface area contributed by atoms with Gasteiger partial charge in [-0.1, -0.05) is 12.1 Å². The minimum Gasteiger partial charge on any atom is -0.399 e. The van der Waals surface area contributed by atoms with Crippen molar-refractivity contribution in [3.8, 4) is 0 Å². The number of hydrogen-bond acceptors (Lipinski definition) is 3. The zero-order valence-electron chi connectivity index (χ0n) is 10.9. The van der Waals surface area contributed by atoms with Crippen molar-refractivity contribution in [2.75, 3.05) is 39.0 Å². The van der Waals surface area contributed by atoms with E-state index >= 15 is 0 Å². The highest BCUT2D eigenvalue weighted by Gasteiger charge is 2.19. The van der Waals surface area contributed by atoms with Gasteiger partial charge in [-0.05, 0) is 38.1 Å². The maximum atomic E-state index is 5.68. The SMILES string of the molecule is C[C@@H]1CN(CCc2ccc(N)cc2)CCN1C. The molecule has 2 N–H and O–H groups in total. The Bertz CT molecular complexity index is 347. The average Bonchev–Trinajstić information content (AvgIpc) is 2.33. The van der Waals surface area contributed by atoms with Crippen molar-refractivity contribution >= 4 is 5.69 Å². The maximum Gasteiger partial charge on any atom is 0.0314 e. The number of benzene rings is 1. The number of likely N-dealkylation sites (N-methyl/N-ethyl adjacent to an activating group) is 1. The first-order valence-electron chi connectivity index (χ1n) is 6.42. The van der Waals surface area contributed by atoms with Gasteiger partial charge in [-0.2, -0.15) is 0 Å². The molecule has 0 bridgehead atoms. The molecule has 0 amide bonds. The van der Waals surface area contributed by atoms with Gasteiger partial charge in [-0.3, -0.25) is 0 Å². The van der Waals surface area contributed by atoms with Crippen LogP contribution in [-0.2, 0) is 6.42 Å². The van der Waals surface area contributed by atoms with E-state index in [2.05, 4.69) is 35.9 Å². The van der Waals surface area contributed by atoms with Crippen LogP contribution in [0.2, 0.25) is 0 Å². The first kappa shape index (κ1) is 12.4. The summed E-state index contributed by atoms with van der Waals surface area (Å²) in [5.74, 6) is 0. The predicted molar refractivity (Wildman–Crippen MR) is 73.1 cm³/mol. The summed E-state index contributed by atoms with van der Waals surface area (Å²) in [5.41, 5.74) is 7.91. The van der Waals surface area contributed by atoms with Crippen LogP contribution < -0.4 is 5.73 Å². The van der Waals surface area contributed by atoms with Gasteiger partial charge >= 0.3 is 0 Å². The molecule has 0 aromatic heterocycles. The number of nitrogens with zero attached hydrogens (tertiary/aromatic N) is 2.